The molecule has 0 aromatic carbocycles. The summed E-state index contributed by atoms with van der Waals surface area (Å²) in [4.78, 5) is 27.9. The zero-order valence-corrected chi connectivity index (χ0v) is 14.3. The Hall–Kier alpha value is -2.91. The van der Waals surface area contributed by atoms with Crippen molar-refractivity contribution >= 4 is 17.5 Å². The van der Waals surface area contributed by atoms with Gasteiger partial charge >= 0.3 is 5.69 Å². The largest absolute Gasteiger partial charge is 0.382 e. The van der Waals surface area contributed by atoms with E-state index < -0.39 is 11.2 Å². The van der Waals surface area contributed by atoms with Gasteiger partial charge in [0.1, 0.15) is 5.82 Å². The highest BCUT2D eigenvalue weighted by Crippen LogP contribution is 2.29. The number of amidine groups is 1. The Morgan fingerprint density at radius 1 is 1.20 bits per heavy atom. The second kappa shape index (κ2) is 6.54. The van der Waals surface area contributed by atoms with Gasteiger partial charge in [0.25, 0.3) is 5.56 Å². The van der Waals surface area contributed by atoms with E-state index in [1.165, 1.54) is 31.1 Å². The fraction of sp³-hybridized carbons (Fsp3) is 0.533. The molecule has 3 rings (SSSR count). The fourth-order valence-corrected chi connectivity index (χ4v) is 3.08. The molecular formula is C15H22N8O2. The molecule has 1 fully saturated rings. The minimum Gasteiger partial charge on any atom is -0.382 e. The first-order valence-electron chi connectivity index (χ1n) is 8.22. The van der Waals surface area contributed by atoms with Crippen molar-refractivity contribution in [3.05, 3.63) is 32.6 Å². The summed E-state index contributed by atoms with van der Waals surface area (Å²) >= 11 is 0. The third-order valence-electron chi connectivity index (χ3n) is 4.63. The van der Waals surface area contributed by atoms with Crippen LogP contribution in [0.4, 0.5) is 11.6 Å². The number of nitrogens with zero attached hydrogens (tertiary/aromatic N) is 6. The molecule has 0 bridgehead atoms. The first kappa shape index (κ1) is 16.9. The summed E-state index contributed by atoms with van der Waals surface area (Å²) in [7, 11) is 2.91. The number of hydrogen-bond acceptors (Lipinski definition) is 6. The summed E-state index contributed by atoms with van der Waals surface area (Å²) in [5.74, 6) is 0.502. The molecule has 0 unspecified atom stereocenters. The first-order chi connectivity index (χ1) is 11.9. The molecule has 25 heavy (non-hydrogen) atoms. The van der Waals surface area contributed by atoms with Crippen molar-refractivity contribution in [2.45, 2.75) is 38.1 Å². The monoisotopic (exact) mass is 346 g/mol. The van der Waals surface area contributed by atoms with Crippen LogP contribution in [-0.2, 0) is 14.1 Å². The fourth-order valence-electron chi connectivity index (χ4n) is 3.08. The van der Waals surface area contributed by atoms with Crippen LogP contribution in [0.2, 0.25) is 0 Å². The summed E-state index contributed by atoms with van der Waals surface area (Å²) in [6.07, 6.45) is 5.51. The van der Waals surface area contributed by atoms with Gasteiger partial charge in [0, 0.05) is 20.2 Å². The first-order valence-corrected chi connectivity index (χ1v) is 8.22. The Morgan fingerprint density at radius 3 is 2.56 bits per heavy atom. The number of nitrogens with two attached hydrogens (primary N) is 2. The van der Waals surface area contributed by atoms with E-state index in [0.717, 1.165) is 30.3 Å². The van der Waals surface area contributed by atoms with Crippen molar-refractivity contribution in [2.75, 3.05) is 5.73 Å². The van der Waals surface area contributed by atoms with Gasteiger partial charge in [-0.1, -0.05) is 24.5 Å². The van der Waals surface area contributed by atoms with E-state index in [2.05, 4.69) is 15.3 Å². The summed E-state index contributed by atoms with van der Waals surface area (Å²) in [6, 6.07) is 1.45. The molecule has 2 aromatic rings. The van der Waals surface area contributed by atoms with E-state index >= 15 is 0 Å². The second-order valence-corrected chi connectivity index (χ2v) is 6.30. The van der Waals surface area contributed by atoms with Crippen LogP contribution in [0.15, 0.2) is 20.6 Å². The summed E-state index contributed by atoms with van der Waals surface area (Å²) in [6.45, 7) is 0. The van der Waals surface area contributed by atoms with E-state index in [-0.39, 0.29) is 23.4 Å². The summed E-state index contributed by atoms with van der Waals surface area (Å²) < 4.78 is 3.92. The van der Waals surface area contributed by atoms with E-state index in [0.29, 0.717) is 5.82 Å². The predicted octanol–water partition coefficient (Wildman–Crippen LogP) is -0.200. The van der Waals surface area contributed by atoms with Gasteiger partial charge in [-0.05, 0) is 12.8 Å². The maximum absolute atomic E-state index is 12.0. The quantitative estimate of drug-likeness (QED) is 0.583. The highest BCUT2D eigenvalue weighted by Gasteiger charge is 2.22. The SMILES string of the molecule is Cn1c(N=C(N)c2nnn(C3CCCCC3)c2N)cc(=O)n(C)c1=O. The third-order valence-corrected chi connectivity index (χ3v) is 4.63. The van der Waals surface area contributed by atoms with Crippen molar-refractivity contribution in [2.24, 2.45) is 24.8 Å². The molecule has 0 radical (unpaired) electrons. The average Bonchev–Trinajstić information content (AvgIpc) is 3.00. The second-order valence-electron chi connectivity index (χ2n) is 6.30. The molecule has 1 aliphatic carbocycles. The molecule has 10 nitrogen and oxygen atoms in total. The Bertz CT molecular complexity index is 930. The van der Waals surface area contributed by atoms with Crippen molar-refractivity contribution in [1.29, 1.82) is 0 Å². The van der Waals surface area contributed by atoms with Crippen molar-refractivity contribution < 1.29 is 0 Å². The molecule has 10 heteroatoms. The molecule has 4 N–H and O–H groups in total. The Labute approximate surface area is 143 Å². The van der Waals surface area contributed by atoms with Gasteiger partial charge in [0.15, 0.2) is 17.3 Å². The summed E-state index contributed by atoms with van der Waals surface area (Å²) in [5.41, 5.74) is 11.5. The lowest BCUT2D eigenvalue weighted by molar-refractivity contribution is 0.328. The smallest absolute Gasteiger partial charge is 0.332 e. The lowest BCUT2D eigenvalue weighted by Crippen LogP contribution is -2.36. The van der Waals surface area contributed by atoms with Gasteiger partial charge in [-0.3, -0.25) is 13.9 Å². The molecule has 1 saturated carbocycles. The molecule has 134 valence electrons. The minimum atomic E-state index is -0.488. The zero-order valence-electron chi connectivity index (χ0n) is 14.3. The Morgan fingerprint density at radius 2 is 1.88 bits per heavy atom. The third kappa shape index (κ3) is 3.06. The van der Waals surface area contributed by atoms with Gasteiger partial charge < -0.3 is 11.5 Å². The van der Waals surface area contributed by atoms with E-state index in [1.54, 1.807) is 4.68 Å². The van der Waals surface area contributed by atoms with Crippen LogP contribution in [0.25, 0.3) is 0 Å². The Balaban J connectivity index is 1.98. The summed E-state index contributed by atoms with van der Waals surface area (Å²) in [5, 5.41) is 8.16. The van der Waals surface area contributed by atoms with Crippen LogP contribution in [0.1, 0.15) is 43.8 Å². The molecule has 0 spiro atoms. The van der Waals surface area contributed by atoms with Gasteiger partial charge in [-0.15, -0.1) is 5.10 Å². The van der Waals surface area contributed by atoms with Gasteiger partial charge in [0.2, 0.25) is 0 Å². The van der Waals surface area contributed by atoms with E-state index in [9.17, 15) is 9.59 Å². The standard InChI is InChI=1S/C15H22N8O2/c1-21-10(8-11(24)22(2)15(21)25)18-13(16)12-14(17)23(20-19-12)9-6-4-3-5-7-9/h8-9H,3-7,17H2,1-2H3,(H2,16,18). The number of aliphatic imine (C=N–C) groups is 1. The highest BCUT2D eigenvalue weighted by atomic mass is 16.2. The highest BCUT2D eigenvalue weighted by molar-refractivity contribution is 6.00. The molecule has 2 aromatic heterocycles. The van der Waals surface area contributed by atoms with Crippen molar-refractivity contribution in [3.63, 3.8) is 0 Å². The van der Waals surface area contributed by atoms with Crippen LogP contribution in [0.3, 0.4) is 0 Å². The number of anilines is 1. The molecule has 0 aliphatic heterocycles. The van der Waals surface area contributed by atoms with Crippen LogP contribution in [0.5, 0.6) is 0 Å². The number of rotatable bonds is 3. The minimum absolute atomic E-state index is 0.0165. The zero-order chi connectivity index (χ0) is 18.1. The number of aromatic nitrogens is 5. The van der Waals surface area contributed by atoms with Gasteiger partial charge in [0.05, 0.1) is 6.04 Å². The lowest BCUT2D eigenvalue weighted by atomic mass is 9.96. The van der Waals surface area contributed by atoms with E-state index in [4.69, 9.17) is 11.5 Å². The molecular weight excluding hydrogens is 324 g/mol. The van der Waals surface area contributed by atoms with E-state index in [1.807, 2.05) is 0 Å². The number of nitrogen functional groups attached to an aromatic ring is 1. The predicted molar refractivity (Wildman–Crippen MR) is 93.9 cm³/mol. The Kier molecular flexibility index (Phi) is 4.43. The van der Waals surface area contributed by atoms with Crippen LogP contribution in [-0.4, -0.2) is 30.0 Å². The van der Waals surface area contributed by atoms with Crippen molar-refractivity contribution in [3.8, 4) is 0 Å². The number of hydrogen-bond donors (Lipinski definition) is 2. The molecule has 1 aliphatic rings. The molecule has 0 saturated heterocycles. The van der Waals surface area contributed by atoms with Crippen LogP contribution < -0.4 is 22.7 Å². The maximum Gasteiger partial charge on any atom is 0.332 e. The van der Waals surface area contributed by atoms with Crippen molar-refractivity contribution in [1.82, 2.24) is 24.1 Å². The van der Waals surface area contributed by atoms with Crippen LogP contribution >= 0.6 is 0 Å². The van der Waals surface area contributed by atoms with Gasteiger partial charge in [-0.2, -0.15) is 0 Å². The maximum atomic E-state index is 12.0. The molecule has 2 heterocycles. The molecule has 0 amide bonds. The topological polar surface area (TPSA) is 139 Å². The molecule has 0 atom stereocenters. The average molecular weight is 346 g/mol. The van der Waals surface area contributed by atoms with Gasteiger partial charge in [-0.25, -0.2) is 14.5 Å². The lowest BCUT2D eigenvalue weighted by Gasteiger charge is -2.22. The normalized spacial score (nSPS) is 16.3. The van der Waals surface area contributed by atoms with Crippen LogP contribution in [0, 0.1) is 0 Å².